The van der Waals surface area contributed by atoms with Gasteiger partial charge in [0.1, 0.15) is 5.60 Å². The first-order valence-electron chi connectivity index (χ1n) is 7.84. The third-order valence-electron chi connectivity index (χ3n) is 4.25. The summed E-state index contributed by atoms with van der Waals surface area (Å²) in [6, 6.07) is 0. The summed E-state index contributed by atoms with van der Waals surface area (Å²) in [6.45, 7) is 8.60. The average Bonchev–Trinajstić information content (AvgIpc) is 2.37. The molecule has 17 heavy (non-hydrogen) atoms. The van der Waals surface area contributed by atoms with Crippen LogP contribution in [0.25, 0.3) is 0 Å². The highest BCUT2D eigenvalue weighted by Gasteiger charge is 2.34. The van der Waals surface area contributed by atoms with Crippen LogP contribution >= 0.6 is 0 Å². The Morgan fingerprint density at radius 2 is 1.29 bits per heavy atom. The lowest BCUT2D eigenvalue weighted by Gasteiger charge is -2.32. The highest BCUT2D eigenvalue weighted by Crippen LogP contribution is 2.34. The quantitative estimate of drug-likeness (QED) is 0.410. The maximum absolute atomic E-state index is 12.7. The molecule has 0 bridgehead atoms. The molecule has 0 N–H and O–H groups in total. The van der Waals surface area contributed by atoms with Gasteiger partial charge in [0.25, 0.3) is 0 Å². The normalized spacial score (nSPS) is 13.9. The summed E-state index contributed by atoms with van der Waals surface area (Å²) in [5.74, 6) is 0.411. The van der Waals surface area contributed by atoms with Gasteiger partial charge in [-0.05, 0) is 31.6 Å². The molecule has 1 heteroatoms. The van der Waals surface area contributed by atoms with Crippen LogP contribution in [0.4, 0.5) is 0 Å². The van der Waals surface area contributed by atoms with Crippen molar-refractivity contribution in [1.82, 2.24) is 0 Å². The third-order valence-corrected chi connectivity index (χ3v) is 4.25. The Hall–Kier alpha value is -0.0400. The zero-order valence-corrected chi connectivity index (χ0v) is 12.6. The van der Waals surface area contributed by atoms with Gasteiger partial charge in [-0.2, -0.15) is 0 Å². The second kappa shape index (κ2) is 9.94. The molecule has 0 heterocycles. The fraction of sp³-hybridized carbons (Fsp3) is 1.00. The Morgan fingerprint density at radius 1 is 0.765 bits per heavy atom. The van der Waals surface area contributed by atoms with Crippen molar-refractivity contribution in [3.05, 3.63) is 0 Å². The molecule has 0 saturated carbocycles. The summed E-state index contributed by atoms with van der Waals surface area (Å²) in [7, 11) is 0. The summed E-state index contributed by atoms with van der Waals surface area (Å²) in [5.41, 5.74) is -0.651. The SMILES string of the molecule is CCCCCCC(CCCC)C([O])(CC)CC. The van der Waals surface area contributed by atoms with E-state index in [1.807, 2.05) is 0 Å². The summed E-state index contributed by atoms with van der Waals surface area (Å²) in [6.07, 6.45) is 11.5. The third kappa shape index (κ3) is 6.45. The minimum Gasteiger partial charge on any atom is -0.229 e. The molecule has 1 nitrogen and oxygen atoms in total. The maximum atomic E-state index is 12.7. The van der Waals surface area contributed by atoms with E-state index in [1.165, 1.54) is 38.5 Å². The first-order chi connectivity index (χ1) is 8.14. The molecule has 0 aromatic heterocycles. The van der Waals surface area contributed by atoms with E-state index in [0.717, 1.165) is 25.7 Å². The van der Waals surface area contributed by atoms with Crippen LogP contribution in [0.2, 0.25) is 0 Å². The summed E-state index contributed by atoms with van der Waals surface area (Å²) < 4.78 is 0. The number of rotatable bonds is 11. The molecular formula is C16H33O. The molecule has 0 fully saturated rings. The van der Waals surface area contributed by atoms with Gasteiger partial charge in [0.2, 0.25) is 0 Å². The molecule has 1 unspecified atom stereocenters. The highest BCUT2D eigenvalue weighted by molar-refractivity contribution is 4.83. The molecule has 0 saturated heterocycles. The second-order valence-corrected chi connectivity index (χ2v) is 5.46. The van der Waals surface area contributed by atoms with Crippen LogP contribution in [0.1, 0.15) is 91.9 Å². The lowest BCUT2D eigenvalue weighted by molar-refractivity contribution is -0.0903. The predicted octanol–water partition coefficient (Wildman–Crippen LogP) is 5.75. The number of unbranched alkanes of at least 4 members (excludes halogenated alkanes) is 4. The Morgan fingerprint density at radius 3 is 1.76 bits per heavy atom. The molecule has 0 aliphatic rings. The van der Waals surface area contributed by atoms with Crippen molar-refractivity contribution in [1.29, 1.82) is 0 Å². The topological polar surface area (TPSA) is 19.9 Å². The van der Waals surface area contributed by atoms with E-state index in [0.29, 0.717) is 5.92 Å². The molecule has 0 amide bonds. The van der Waals surface area contributed by atoms with E-state index >= 15 is 0 Å². The Labute approximate surface area is 109 Å². The Bertz CT molecular complexity index is 161. The van der Waals surface area contributed by atoms with Crippen LogP contribution in [0.3, 0.4) is 0 Å². The van der Waals surface area contributed by atoms with E-state index in [9.17, 15) is 5.11 Å². The van der Waals surface area contributed by atoms with Gasteiger partial charge < -0.3 is 0 Å². The van der Waals surface area contributed by atoms with E-state index in [1.54, 1.807) is 0 Å². The van der Waals surface area contributed by atoms with Gasteiger partial charge in [-0.25, -0.2) is 5.11 Å². The molecule has 103 valence electrons. The smallest absolute Gasteiger partial charge is 0.106 e. The molecule has 0 aliphatic heterocycles. The van der Waals surface area contributed by atoms with Crippen molar-refractivity contribution in [3.8, 4) is 0 Å². The zero-order valence-electron chi connectivity index (χ0n) is 12.6. The average molecular weight is 241 g/mol. The lowest BCUT2D eigenvalue weighted by Crippen LogP contribution is -2.35. The van der Waals surface area contributed by atoms with Crippen LogP contribution in [0.5, 0.6) is 0 Å². The van der Waals surface area contributed by atoms with Crippen molar-refractivity contribution in [2.45, 2.75) is 97.5 Å². The van der Waals surface area contributed by atoms with Crippen LogP contribution < -0.4 is 0 Å². The van der Waals surface area contributed by atoms with Crippen molar-refractivity contribution in [3.63, 3.8) is 0 Å². The molecule has 0 aliphatic carbocycles. The van der Waals surface area contributed by atoms with Gasteiger partial charge in [-0.1, -0.05) is 66.2 Å². The van der Waals surface area contributed by atoms with Crippen LogP contribution in [-0.4, -0.2) is 5.60 Å². The zero-order chi connectivity index (χ0) is 13.1. The maximum Gasteiger partial charge on any atom is 0.106 e. The minimum atomic E-state index is -0.651. The van der Waals surface area contributed by atoms with Gasteiger partial charge in [-0.15, -0.1) is 0 Å². The standard InChI is InChI=1S/C16H33O/c1-5-9-11-12-14-15(13-10-6-2)16(17,7-3)8-4/h15H,5-14H2,1-4H3. The van der Waals surface area contributed by atoms with Gasteiger partial charge in [0, 0.05) is 0 Å². The minimum absolute atomic E-state index is 0.411. The summed E-state index contributed by atoms with van der Waals surface area (Å²) in [4.78, 5) is 0. The summed E-state index contributed by atoms with van der Waals surface area (Å²) in [5, 5.41) is 12.7. The monoisotopic (exact) mass is 241 g/mol. The van der Waals surface area contributed by atoms with Crippen molar-refractivity contribution in [2.24, 2.45) is 5.92 Å². The van der Waals surface area contributed by atoms with Gasteiger partial charge in [0.05, 0.1) is 0 Å². The fourth-order valence-corrected chi connectivity index (χ4v) is 2.77. The predicted molar refractivity (Wildman–Crippen MR) is 75.8 cm³/mol. The van der Waals surface area contributed by atoms with Crippen molar-refractivity contribution in [2.75, 3.05) is 0 Å². The molecule has 0 spiro atoms. The van der Waals surface area contributed by atoms with Gasteiger partial charge in [-0.3, -0.25) is 0 Å². The van der Waals surface area contributed by atoms with Crippen molar-refractivity contribution < 1.29 is 5.11 Å². The van der Waals surface area contributed by atoms with Crippen LogP contribution in [-0.2, 0) is 5.11 Å². The molecule has 0 rings (SSSR count). The number of hydrogen-bond donors (Lipinski definition) is 0. The largest absolute Gasteiger partial charge is 0.229 e. The molecule has 1 radical (unpaired) electrons. The first-order valence-corrected chi connectivity index (χ1v) is 7.84. The molecule has 1 atom stereocenters. The van der Waals surface area contributed by atoms with Gasteiger partial charge in [0.15, 0.2) is 0 Å². The Kier molecular flexibility index (Phi) is 9.91. The van der Waals surface area contributed by atoms with E-state index in [-0.39, 0.29) is 0 Å². The van der Waals surface area contributed by atoms with Gasteiger partial charge >= 0.3 is 0 Å². The lowest BCUT2D eigenvalue weighted by atomic mass is 9.77. The Balaban J connectivity index is 4.20. The highest BCUT2D eigenvalue weighted by atomic mass is 16.3. The molecule has 0 aromatic rings. The summed E-state index contributed by atoms with van der Waals surface area (Å²) >= 11 is 0. The van der Waals surface area contributed by atoms with E-state index in [4.69, 9.17) is 0 Å². The van der Waals surface area contributed by atoms with E-state index < -0.39 is 5.60 Å². The second-order valence-electron chi connectivity index (χ2n) is 5.46. The van der Waals surface area contributed by atoms with Crippen LogP contribution in [0, 0.1) is 5.92 Å². The first kappa shape index (κ1) is 17.0. The van der Waals surface area contributed by atoms with Crippen molar-refractivity contribution >= 4 is 0 Å². The van der Waals surface area contributed by atoms with E-state index in [2.05, 4.69) is 27.7 Å². The van der Waals surface area contributed by atoms with Crippen LogP contribution in [0.15, 0.2) is 0 Å². The molecular weight excluding hydrogens is 208 g/mol. The fourth-order valence-electron chi connectivity index (χ4n) is 2.77. The number of hydrogen-bond acceptors (Lipinski definition) is 0. The molecule has 0 aromatic carbocycles.